The molecule has 0 aliphatic carbocycles. The molecule has 1 heteroatoms. The van der Waals surface area contributed by atoms with Gasteiger partial charge in [-0.15, -0.1) is 0 Å². The van der Waals surface area contributed by atoms with Gasteiger partial charge in [0.25, 0.3) is 0 Å². The summed E-state index contributed by atoms with van der Waals surface area (Å²) >= 11 is 0. The van der Waals surface area contributed by atoms with Crippen LogP contribution >= 0.6 is 0 Å². The van der Waals surface area contributed by atoms with E-state index in [0.29, 0.717) is 0 Å². The van der Waals surface area contributed by atoms with Gasteiger partial charge in [0.15, 0.2) is 0 Å². The van der Waals surface area contributed by atoms with Gasteiger partial charge in [0.05, 0.1) is 0 Å². The normalized spacial score (nSPS) is 25.8. The maximum atomic E-state index is 2.64. The number of benzene rings is 1. The highest BCUT2D eigenvalue weighted by Crippen LogP contribution is 2.49. The standard InChI is InChI=1S/C18H29N/c1-16(2,3)18(15-10-8-7-9-11-15)12-13-19(14-18)17(4,5)6/h7-11H,12-14H2,1-6H3. The first-order valence-electron chi connectivity index (χ1n) is 7.47. The van der Waals surface area contributed by atoms with E-state index in [1.807, 2.05) is 0 Å². The molecule has 1 aliphatic rings. The van der Waals surface area contributed by atoms with Crippen molar-refractivity contribution in [2.24, 2.45) is 5.41 Å². The van der Waals surface area contributed by atoms with E-state index in [4.69, 9.17) is 0 Å². The number of hydrogen-bond acceptors (Lipinski definition) is 1. The van der Waals surface area contributed by atoms with Gasteiger partial charge in [-0.2, -0.15) is 0 Å². The summed E-state index contributed by atoms with van der Waals surface area (Å²) in [6, 6.07) is 11.1. The number of likely N-dealkylation sites (tertiary alicyclic amines) is 1. The van der Waals surface area contributed by atoms with E-state index in [-0.39, 0.29) is 16.4 Å². The Hall–Kier alpha value is -0.820. The molecule has 1 saturated heterocycles. The van der Waals surface area contributed by atoms with Crippen LogP contribution < -0.4 is 0 Å². The second-order valence-electron chi connectivity index (χ2n) is 8.04. The van der Waals surface area contributed by atoms with E-state index in [0.717, 1.165) is 0 Å². The largest absolute Gasteiger partial charge is 0.298 e. The van der Waals surface area contributed by atoms with Gasteiger partial charge in [0.2, 0.25) is 0 Å². The Morgan fingerprint density at radius 2 is 1.53 bits per heavy atom. The van der Waals surface area contributed by atoms with Gasteiger partial charge in [-0.1, -0.05) is 51.1 Å². The van der Waals surface area contributed by atoms with E-state index < -0.39 is 0 Å². The quantitative estimate of drug-likeness (QED) is 0.719. The van der Waals surface area contributed by atoms with Crippen molar-refractivity contribution in [3.05, 3.63) is 35.9 Å². The van der Waals surface area contributed by atoms with Crippen LogP contribution in [0.3, 0.4) is 0 Å². The lowest BCUT2D eigenvalue weighted by Crippen LogP contribution is -2.46. The zero-order valence-electron chi connectivity index (χ0n) is 13.5. The summed E-state index contributed by atoms with van der Waals surface area (Å²) in [7, 11) is 0. The highest BCUT2D eigenvalue weighted by atomic mass is 15.2. The van der Waals surface area contributed by atoms with Crippen molar-refractivity contribution in [1.82, 2.24) is 4.90 Å². The number of rotatable bonds is 1. The van der Waals surface area contributed by atoms with Crippen molar-refractivity contribution in [2.75, 3.05) is 13.1 Å². The van der Waals surface area contributed by atoms with Crippen LogP contribution in [0.2, 0.25) is 0 Å². The Labute approximate surface area is 119 Å². The molecule has 19 heavy (non-hydrogen) atoms. The smallest absolute Gasteiger partial charge is 0.0141 e. The Balaban J connectivity index is 2.41. The molecule has 1 aromatic carbocycles. The summed E-state index contributed by atoms with van der Waals surface area (Å²) in [6.07, 6.45) is 1.26. The molecule has 0 saturated carbocycles. The molecule has 0 N–H and O–H groups in total. The van der Waals surface area contributed by atoms with Crippen LogP contribution in [0.5, 0.6) is 0 Å². The Kier molecular flexibility index (Phi) is 3.55. The van der Waals surface area contributed by atoms with Gasteiger partial charge in [-0.05, 0) is 44.7 Å². The maximum Gasteiger partial charge on any atom is 0.0141 e. The molecule has 0 spiro atoms. The van der Waals surface area contributed by atoms with Crippen LogP contribution in [0, 0.1) is 5.41 Å². The van der Waals surface area contributed by atoms with Crippen LogP contribution in [-0.2, 0) is 5.41 Å². The monoisotopic (exact) mass is 259 g/mol. The minimum Gasteiger partial charge on any atom is -0.298 e. The molecule has 1 aromatic rings. The Bertz CT molecular complexity index is 421. The summed E-state index contributed by atoms with van der Waals surface area (Å²) in [5.74, 6) is 0. The molecule has 106 valence electrons. The molecule has 1 unspecified atom stereocenters. The average molecular weight is 259 g/mol. The fourth-order valence-electron chi connectivity index (χ4n) is 3.42. The summed E-state index contributed by atoms with van der Waals surface area (Å²) < 4.78 is 0. The minimum absolute atomic E-state index is 0.266. The van der Waals surface area contributed by atoms with Crippen LogP contribution in [0.15, 0.2) is 30.3 Å². The van der Waals surface area contributed by atoms with Crippen molar-refractivity contribution >= 4 is 0 Å². The van der Waals surface area contributed by atoms with E-state index >= 15 is 0 Å². The Morgan fingerprint density at radius 1 is 0.947 bits per heavy atom. The molecule has 1 heterocycles. The minimum atomic E-state index is 0.266. The van der Waals surface area contributed by atoms with Crippen molar-refractivity contribution in [2.45, 2.75) is 58.9 Å². The molecule has 0 bridgehead atoms. The van der Waals surface area contributed by atoms with Gasteiger partial charge in [0.1, 0.15) is 0 Å². The van der Waals surface area contributed by atoms with Crippen LogP contribution in [0.1, 0.15) is 53.5 Å². The van der Waals surface area contributed by atoms with Crippen LogP contribution in [0.4, 0.5) is 0 Å². The fraction of sp³-hybridized carbons (Fsp3) is 0.667. The third-order valence-corrected chi connectivity index (χ3v) is 4.98. The summed E-state index contributed by atoms with van der Waals surface area (Å²) in [5.41, 5.74) is 2.34. The van der Waals surface area contributed by atoms with Crippen molar-refractivity contribution in [3.63, 3.8) is 0 Å². The molecule has 1 aliphatic heterocycles. The number of nitrogens with zero attached hydrogens (tertiary/aromatic N) is 1. The molecular formula is C18H29N. The van der Waals surface area contributed by atoms with E-state index in [1.54, 1.807) is 0 Å². The van der Waals surface area contributed by atoms with Gasteiger partial charge in [-0.25, -0.2) is 0 Å². The van der Waals surface area contributed by atoms with Crippen LogP contribution in [-0.4, -0.2) is 23.5 Å². The molecule has 1 fully saturated rings. The molecular weight excluding hydrogens is 230 g/mol. The SMILES string of the molecule is CC(C)(C)N1CCC(c2ccccc2)(C(C)(C)C)C1. The Morgan fingerprint density at radius 3 is 1.95 bits per heavy atom. The second kappa shape index (κ2) is 4.63. The predicted octanol–water partition coefficient (Wildman–Crippen LogP) is 4.47. The summed E-state index contributed by atoms with van der Waals surface area (Å²) in [6.45, 7) is 16.5. The van der Waals surface area contributed by atoms with Gasteiger partial charge in [-0.3, -0.25) is 4.90 Å². The van der Waals surface area contributed by atoms with Gasteiger partial charge in [0, 0.05) is 17.5 Å². The fourth-order valence-corrected chi connectivity index (χ4v) is 3.42. The van der Waals surface area contributed by atoms with E-state index in [9.17, 15) is 0 Å². The first-order valence-corrected chi connectivity index (χ1v) is 7.47. The third kappa shape index (κ3) is 2.58. The predicted molar refractivity (Wildman–Crippen MR) is 83.5 cm³/mol. The average Bonchev–Trinajstić information content (AvgIpc) is 2.75. The van der Waals surface area contributed by atoms with Crippen molar-refractivity contribution < 1.29 is 0 Å². The van der Waals surface area contributed by atoms with E-state index in [2.05, 4.69) is 76.8 Å². The molecule has 1 atom stereocenters. The zero-order valence-corrected chi connectivity index (χ0v) is 13.5. The first kappa shape index (κ1) is 14.6. The van der Waals surface area contributed by atoms with Crippen LogP contribution in [0.25, 0.3) is 0 Å². The highest BCUT2D eigenvalue weighted by Gasteiger charge is 2.49. The highest BCUT2D eigenvalue weighted by molar-refractivity contribution is 5.30. The van der Waals surface area contributed by atoms with Gasteiger partial charge >= 0.3 is 0 Å². The van der Waals surface area contributed by atoms with E-state index in [1.165, 1.54) is 25.1 Å². The maximum absolute atomic E-state index is 2.64. The van der Waals surface area contributed by atoms with Crippen molar-refractivity contribution in [1.29, 1.82) is 0 Å². The number of hydrogen-bond donors (Lipinski definition) is 0. The lowest BCUT2D eigenvalue weighted by molar-refractivity contribution is 0.128. The summed E-state index contributed by atoms with van der Waals surface area (Å²) in [4.78, 5) is 2.64. The zero-order chi connectivity index (χ0) is 14.3. The van der Waals surface area contributed by atoms with Gasteiger partial charge < -0.3 is 0 Å². The van der Waals surface area contributed by atoms with Crippen molar-refractivity contribution in [3.8, 4) is 0 Å². The lowest BCUT2D eigenvalue weighted by Gasteiger charge is -2.44. The third-order valence-electron chi connectivity index (χ3n) is 4.98. The topological polar surface area (TPSA) is 3.24 Å². The first-order chi connectivity index (χ1) is 8.67. The summed E-state index contributed by atoms with van der Waals surface area (Å²) in [5, 5.41) is 0. The molecule has 0 amide bonds. The molecule has 2 rings (SSSR count). The molecule has 0 radical (unpaired) electrons. The molecule has 0 aromatic heterocycles. The second-order valence-corrected chi connectivity index (χ2v) is 8.04. The lowest BCUT2D eigenvalue weighted by atomic mass is 9.62. The molecule has 1 nitrogen and oxygen atoms in total.